The van der Waals surface area contributed by atoms with Crippen LogP contribution in [0.15, 0.2) is 57.8 Å². The summed E-state index contributed by atoms with van der Waals surface area (Å²) < 4.78 is 0. The van der Waals surface area contributed by atoms with Crippen LogP contribution in [0.1, 0.15) is 40.7 Å². The van der Waals surface area contributed by atoms with Crippen LogP contribution in [0.4, 0.5) is 5.82 Å². The van der Waals surface area contributed by atoms with Crippen molar-refractivity contribution < 1.29 is 9.90 Å². The highest BCUT2D eigenvalue weighted by Crippen LogP contribution is 2.47. The molecule has 0 fully saturated rings. The van der Waals surface area contributed by atoms with Crippen LogP contribution < -0.4 is 10.9 Å². The van der Waals surface area contributed by atoms with E-state index in [0.717, 1.165) is 17.7 Å². The summed E-state index contributed by atoms with van der Waals surface area (Å²) in [5, 5.41) is 20.5. The number of nitrogens with one attached hydrogen (secondary N) is 3. The van der Waals surface area contributed by atoms with Gasteiger partial charge in [0, 0.05) is 34.4 Å². The number of carbonyl (C=O) groups is 1. The van der Waals surface area contributed by atoms with E-state index in [4.69, 9.17) is 0 Å². The lowest BCUT2D eigenvalue weighted by Gasteiger charge is -2.34. The van der Waals surface area contributed by atoms with E-state index in [1.54, 1.807) is 35.6 Å². The van der Waals surface area contributed by atoms with Crippen molar-refractivity contribution in [2.45, 2.75) is 24.7 Å². The number of carbonyl (C=O) groups excluding carboxylic acids is 1. The molecule has 3 heterocycles. The van der Waals surface area contributed by atoms with Gasteiger partial charge in [-0.1, -0.05) is 18.2 Å². The van der Waals surface area contributed by atoms with Gasteiger partial charge in [0.2, 0.25) is 0 Å². The van der Waals surface area contributed by atoms with Gasteiger partial charge in [0.25, 0.3) is 5.56 Å². The van der Waals surface area contributed by atoms with E-state index in [-0.39, 0.29) is 23.0 Å². The van der Waals surface area contributed by atoms with Crippen molar-refractivity contribution in [2.75, 3.05) is 5.32 Å². The van der Waals surface area contributed by atoms with Crippen molar-refractivity contribution in [3.63, 3.8) is 0 Å². The zero-order valence-electron chi connectivity index (χ0n) is 14.3. The van der Waals surface area contributed by atoms with Gasteiger partial charge in [-0.3, -0.25) is 19.8 Å². The van der Waals surface area contributed by atoms with Crippen LogP contribution in [0.3, 0.4) is 0 Å². The second-order valence-corrected chi connectivity index (χ2v) is 7.93. The molecule has 0 saturated carbocycles. The van der Waals surface area contributed by atoms with Crippen LogP contribution in [-0.2, 0) is 4.79 Å². The first-order valence-electron chi connectivity index (χ1n) is 8.78. The number of ketones is 1. The van der Waals surface area contributed by atoms with Gasteiger partial charge in [-0.05, 0) is 35.6 Å². The Morgan fingerprint density at radius 3 is 2.59 bits per heavy atom. The van der Waals surface area contributed by atoms with Gasteiger partial charge in [-0.25, -0.2) is 0 Å². The number of rotatable bonds is 2. The maximum absolute atomic E-state index is 13.2. The quantitative estimate of drug-likeness (QED) is 0.548. The highest BCUT2D eigenvalue weighted by Gasteiger charge is 2.40. The van der Waals surface area contributed by atoms with Crippen LogP contribution in [0, 0.1) is 0 Å². The van der Waals surface area contributed by atoms with E-state index in [1.807, 2.05) is 11.4 Å². The molecule has 0 radical (unpaired) electrons. The normalized spacial score (nSPS) is 21.6. The van der Waals surface area contributed by atoms with Gasteiger partial charge in [0.05, 0.1) is 5.56 Å². The van der Waals surface area contributed by atoms with Crippen LogP contribution in [0.5, 0.6) is 5.75 Å². The zero-order chi connectivity index (χ0) is 18.5. The number of phenols is 1. The second kappa shape index (κ2) is 5.99. The fraction of sp³-hybridized carbons (Fsp3) is 0.200. The van der Waals surface area contributed by atoms with Gasteiger partial charge in [-0.15, -0.1) is 11.3 Å². The van der Waals surface area contributed by atoms with Crippen LogP contribution in [0.25, 0.3) is 0 Å². The minimum atomic E-state index is -0.441. The number of aromatic hydroxyl groups is 1. The van der Waals surface area contributed by atoms with Crippen molar-refractivity contribution in [2.24, 2.45) is 0 Å². The summed E-state index contributed by atoms with van der Waals surface area (Å²) in [6.45, 7) is 0. The van der Waals surface area contributed by atoms with Crippen molar-refractivity contribution in [1.82, 2.24) is 10.2 Å². The van der Waals surface area contributed by atoms with E-state index in [0.29, 0.717) is 23.4 Å². The van der Waals surface area contributed by atoms with E-state index in [2.05, 4.69) is 21.6 Å². The molecule has 0 bridgehead atoms. The Labute approximate surface area is 158 Å². The number of thiophene rings is 1. The number of fused-ring (bicyclic) bond motifs is 1. The molecule has 1 aliphatic carbocycles. The minimum Gasteiger partial charge on any atom is -0.508 e. The predicted molar refractivity (Wildman–Crippen MR) is 103 cm³/mol. The summed E-state index contributed by atoms with van der Waals surface area (Å²) in [4.78, 5) is 26.8. The molecule has 136 valence electrons. The number of phenolic OH excluding ortho intramolecular Hbond substituents is 1. The number of anilines is 1. The molecule has 5 rings (SSSR count). The van der Waals surface area contributed by atoms with Crippen molar-refractivity contribution in [3.8, 4) is 5.75 Å². The average molecular weight is 379 g/mol. The summed E-state index contributed by atoms with van der Waals surface area (Å²) in [5.41, 5.74) is 2.62. The first-order chi connectivity index (χ1) is 13.1. The van der Waals surface area contributed by atoms with Crippen molar-refractivity contribution in [3.05, 3.63) is 79.4 Å². The summed E-state index contributed by atoms with van der Waals surface area (Å²) >= 11 is 1.66. The largest absolute Gasteiger partial charge is 0.508 e. The summed E-state index contributed by atoms with van der Waals surface area (Å²) in [7, 11) is 0. The Hall–Kier alpha value is -3.06. The number of Topliss-reactive ketones (excluding diaryl/α,β-unsaturated/α-hetero) is 1. The van der Waals surface area contributed by atoms with E-state index in [9.17, 15) is 14.7 Å². The second-order valence-electron chi connectivity index (χ2n) is 6.95. The van der Waals surface area contributed by atoms with Crippen molar-refractivity contribution >= 4 is 22.9 Å². The Balaban J connectivity index is 1.65. The number of aromatic amines is 2. The lowest BCUT2D eigenvalue weighted by atomic mass is 9.74. The third kappa shape index (κ3) is 2.54. The number of hydrogen-bond donors (Lipinski definition) is 4. The topological polar surface area (TPSA) is 98.0 Å². The fourth-order valence-electron chi connectivity index (χ4n) is 4.15. The fourth-order valence-corrected chi connectivity index (χ4v) is 4.98. The molecule has 1 aliphatic heterocycles. The Kier molecular flexibility index (Phi) is 3.58. The zero-order valence-corrected chi connectivity index (χ0v) is 15.1. The highest BCUT2D eigenvalue weighted by atomic mass is 32.1. The molecule has 0 unspecified atom stereocenters. The molecule has 6 nitrogen and oxygen atoms in total. The predicted octanol–water partition coefficient (Wildman–Crippen LogP) is 3.43. The Morgan fingerprint density at radius 1 is 1.04 bits per heavy atom. The first kappa shape index (κ1) is 16.1. The van der Waals surface area contributed by atoms with Gasteiger partial charge in [0.1, 0.15) is 11.6 Å². The molecule has 27 heavy (non-hydrogen) atoms. The molecule has 4 N–H and O–H groups in total. The van der Waals surface area contributed by atoms with E-state index in [1.165, 1.54) is 4.88 Å². The number of aromatic nitrogens is 2. The summed E-state index contributed by atoms with van der Waals surface area (Å²) in [5.74, 6) is 0.529. The third-order valence-electron chi connectivity index (χ3n) is 5.35. The highest BCUT2D eigenvalue weighted by molar-refractivity contribution is 7.10. The van der Waals surface area contributed by atoms with Gasteiger partial charge >= 0.3 is 0 Å². The third-order valence-corrected chi connectivity index (χ3v) is 6.38. The molecule has 1 aromatic carbocycles. The maximum Gasteiger partial charge on any atom is 0.270 e. The number of H-pyrrole nitrogens is 2. The number of allylic oxidation sites excluding steroid dienone is 2. The summed E-state index contributed by atoms with van der Waals surface area (Å²) in [6, 6.07) is 10.8. The Morgan fingerprint density at radius 2 is 1.85 bits per heavy atom. The molecule has 7 heteroatoms. The van der Waals surface area contributed by atoms with Crippen LogP contribution in [-0.4, -0.2) is 21.1 Å². The molecule has 0 spiro atoms. The molecule has 2 aliphatic rings. The van der Waals surface area contributed by atoms with E-state index >= 15 is 0 Å². The lowest BCUT2D eigenvalue weighted by molar-refractivity contribution is -0.116. The Bertz CT molecular complexity index is 1110. The number of benzene rings is 1. The lowest BCUT2D eigenvalue weighted by Crippen LogP contribution is -2.31. The summed E-state index contributed by atoms with van der Waals surface area (Å²) in [6.07, 6.45) is 1.16. The molecule has 0 amide bonds. The monoisotopic (exact) mass is 379 g/mol. The van der Waals surface area contributed by atoms with Gasteiger partial charge < -0.3 is 10.4 Å². The first-order valence-corrected chi connectivity index (χ1v) is 9.66. The molecular weight excluding hydrogens is 362 g/mol. The van der Waals surface area contributed by atoms with Crippen molar-refractivity contribution in [1.29, 1.82) is 0 Å². The average Bonchev–Trinajstić information content (AvgIpc) is 3.31. The van der Waals surface area contributed by atoms with Gasteiger partial charge in [-0.2, -0.15) is 0 Å². The molecule has 3 aromatic rings. The molecule has 2 atom stereocenters. The number of hydrogen-bond acceptors (Lipinski definition) is 5. The molecular formula is C20H17N3O3S. The minimum absolute atomic E-state index is 0.0616. The SMILES string of the molecule is O=C1C[C@@H](c2cccs2)CC2=C1[C@H](c1ccc(O)cc1)c1c([nH][nH]c1=O)N2. The van der Waals surface area contributed by atoms with Gasteiger partial charge in [0.15, 0.2) is 5.78 Å². The maximum atomic E-state index is 13.2. The van der Waals surface area contributed by atoms with E-state index < -0.39 is 5.92 Å². The standard InChI is InChI=1S/C20H17N3O3S/c24-12-5-3-10(4-6-12)16-17-13(21-19-18(16)20(26)23-22-19)8-11(9-14(17)25)15-2-1-7-27-15/h1-7,11,16,24H,8-9H2,(H3,21,22,23,26)/t11-,16-/m0/s1. The molecule has 2 aromatic heterocycles. The van der Waals surface area contributed by atoms with Crippen LogP contribution in [0.2, 0.25) is 0 Å². The molecule has 0 saturated heterocycles. The van der Waals surface area contributed by atoms with Crippen LogP contribution >= 0.6 is 11.3 Å². The smallest absolute Gasteiger partial charge is 0.270 e.